The van der Waals surface area contributed by atoms with E-state index in [9.17, 15) is 0 Å². The van der Waals surface area contributed by atoms with Crippen molar-refractivity contribution in [1.82, 2.24) is 20.0 Å². The molecule has 6 nitrogen and oxygen atoms in total. The summed E-state index contributed by atoms with van der Waals surface area (Å²) in [5.41, 5.74) is 2.12. The van der Waals surface area contributed by atoms with Crippen LogP contribution in [0.25, 0.3) is 17.5 Å². The Hall–Kier alpha value is -2.61. The monoisotopic (exact) mass is 450 g/mol. The SMILES string of the molecule is CN1CCN(C/C=C/c2ccc(-c3nnc(CSCCOc4ccccc4)o3)cc2)CC1. The second-order valence-electron chi connectivity index (χ2n) is 7.84. The van der Waals surface area contributed by atoms with Crippen LogP contribution < -0.4 is 4.74 Å². The number of rotatable bonds is 10. The molecule has 4 rings (SSSR count). The largest absolute Gasteiger partial charge is 0.493 e. The summed E-state index contributed by atoms with van der Waals surface area (Å²) in [6.45, 7) is 6.22. The first-order valence-electron chi connectivity index (χ1n) is 11.0. The lowest BCUT2D eigenvalue weighted by molar-refractivity contribution is 0.167. The van der Waals surface area contributed by atoms with Crippen LogP contribution in [0.2, 0.25) is 0 Å². The molecule has 32 heavy (non-hydrogen) atoms. The van der Waals surface area contributed by atoms with Crippen LogP contribution in [-0.2, 0) is 5.75 Å². The maximum absolute atomic E-state index is 5.83. The second-order valence-corrected chi connectivity index (χ2v) is 8.95. The first-order chi connectivity index (χ1) is 15.8. The molecule has 2 aromatic carbocycles. The number of ether oxygens (including phenoxy) is 1. The van der Waals surface area contributed by atoms with Gasteiger partial charge in [-0.2, -0.15) is 0 Å². The van der Waals surface area contributed by atoms with Crippen molar-refractivity contribution in [3.63, 3.8) is 0 Å². The number of hydrogen-bond acceptors (Lipinski definition) is 7. The zero-order valence-electron chi connectivity index (χ0n) is 18.5. The van der Waals surface area contributed by atoms with Crippen LogP contribution >= 0.6 is 11.8 Å². The number of para-hydroxylation sites is 1. The molecule has 2 heterocycles. The van der Waals surface area contributed by atoms with Crippen molar-refractivity contribution in [3.8, 4) is 17.2 Å². The number of thioether (sulfide) groups is 1. The van der Waals surface area contributed by atoms with E-state index in [0.29, 0.717) is 24.1 Å². The zero-order valence-corrected chi connectivity index (χ0v) is 19.3. The van der Waals surface area contributed by atoms with E-state index in [1.165, 1.54) is 5.56 Å². The highest BCUT2D eigenvalue weighted by molar-refractivity contribution is 7.98. The zero-order chi connectivity index (χ0) is 22.0. The van der Waals surface area contributed by atoms with E-state index in [1.54, 1.807) is 11.8 Å². The average Bonchev–Trinajstić information content (AvgIpc) is 3.30. The summed E-state index contributed by atoms with van der Waals surface area (Å²) < 4.78 is 11.5. The summed E-state index contributed by atoms with van der Waals surface area (Å²) in [4.78, 5) is 4.86. The standard InChI is InChI=1S/C25H30N4O2S/c1-28-14-16-29(17-15-28)13-5-6-21-9-11-22(12-10-21)25-27-26-24(31-25)20-32-19-18-30-23-7-3-2-4-8-23/h2-12H,13-20H2,1H3/b6-5+. The highest BCUT2D eigenvalue weighted by Crippen LogP contribution is 2.21. The molecule has 3 aromatic rings. The summed E-state index contributed by atoms with van der Waals surface area (Å²) >= 11 is 1.72. The van der Waals surface area contributed by atoms with E-state index in [0.717, 1.165) is 49.8 Å². The Balaban J connectivity index is 1.19. The minimum Gasteiger partial charge on any atom is -0.493 e. The minimum absolute atomic E-state index is 0.564. The Morgan fingerprint density at radius 3 is 2.56 bits per heavy atom. The lowest BCUT2D eigenvalue weighted by atomic mass is 10.1. The second kappa shape index (κ2) is 11.9. The van der Waals surface area contributed by atoms with Gasteiger partial charge >= 0.3 is 0 Å². The molecule has 1 aliphatic heterocycles. The van der Waals surface area contributed by atoms with Crippen LogP contribution in [0.1, 0.15) is 11.5 Å². The van der Waals surface area contributed by atoms with Crippen molar-refractivity contribution in [1.29, 1.82) is 0 Å². The topological polar surface area (TPSA) is 54.6 Å². The van der Waals surface area contributed by atoms with Gasteiger partial charge in [0, 0.05) is 44.0 Å². The van der Waals surface area contributed by atoms with E-state index in [4.69, 9.17) is 9.15 Å². The summed E-state index contributed by atoms with van der Waals surface area (Å²) in [5, 5.41) is 8.38. The van der Waals surface area contributed by atoms with Gasteiger partial charge in [0.05, 0.1) is 12.4 Å². The van der Waals surface area contributed by atoms with Gasteiger partial charge in [0.15, 0.2) is 0 Å². The third kappa shape index (κ3) is 6.95. The number of nitrogens with zero attached hydrogens (tertiary/aromatic N) is 4. The van der Waals surface area contributed by atoms with Gasteiger partial charge < -0.3 is 14.1 Å². The number of benzene rings is 2. The molecule has 0 amide bonds. The lowest BCUT2D eigenvalue weighted by Crippen LogP contribution is -2.44. The normalized spacial score (nSPS) is 15.4. The highest BCUT2D eigenvalue weighted by Gasteiger charge is 2.12. The Kier molecular flexibility index (Phi) is 8.36. The molecule has 0 aliphatic carbocycles. The maximum atomic E-state index is 5.83. The van der Waals surface area contributed by atoms with Gasteiger partial charge in [-0.25, -0.2) is 0 Å². The first-order valence-corrected chi connectivity index (χ1v) is 12.2. The fourth-order valence-electron chi connectivity index (χ4n) is 3.43. The quantitative estimate of drug-likeness (QED) is 0.427. The van der Waals surface area contributed by atoms with E-state index in [-0.39, 0.29) is 0 Å². The Morgan fingerprint density at radius 1 is 1.00 bits per heavy atom. The van der Waals surface area contributed by atoms with Crippen molar-refractivity contribution in [2.75, 3.05) is 52.1 Å². The van der Waals surface area contributed by atoms with E-state index < -0.39 is 0 Å². The third-order valence-corrected chi connectivity index (χ3v) is 6.27. The van der Waals surface area contributed by atoms with Crippen LogP contribution in [0.5, 0.6) is 5.75 Å². The van der Waals surface area contributed by atoms with Gasteiger partial charge in [0.2, 0.25) is 11.8 Å². The van der Waals surface area contributed by atoms with Gasteiger partial charge in [-0.15, -0.1) is 22.0 Å². The molecule has 1 saturated heterocycles. The summed E-state index contributed by atoms with van der Waals surface area (Å²) in [6.07, 6.45) is 4.42. The van der Waals surface area contributed by atoms with Crippen LogP contribution in [0.15, 0.2) is 65.1 Å². The lowest BCUT2D eigenvalue weighted by Gasteiger charge is -2.31. The molecule has 0 spiro atoms. The Labute approximate surface area is 194 Å². The van der Waals surface area contributed by atoms with E-state index in [2.05, 4.69) is 51.3 Å². The van der Waals surface area contributed by atoms with E-state index in [1.807, 2.05) is 42.5 Å². The van der Waals surface area contributed by atoms with Crippen LogP contribution in [0, 0.1) is 0 Å². The van der Waals surface area contributed by atoms with Gasteiger partial charge in [-0.05, 0) is 36.9 Å². The molecule has 1 fully saturated rings. The van der Waals surface area contributed by atoms with Crippen LogP contribution in [0.4, 0.5) is 0 Å². The number of aromatic nitrogens is 2. The summed E-state index contributed by atoms with van der Waals surface area (Å²) in [7, 11) is 2.18. The van der Waals surface area contributed by atoms with E-state index >= 15 is 0 Å². The van der Waals surface area contributed by atoms with Crippen molar-refractivity contribution < 1.29 is 9.15 Å². The molecular formula is C25H30N4O2S. The Morgan fingerprint density at radius 2 is 1.78 bits per heavy atom. The molecule has 0 unspecified atom stereocenters. The maximum Gasteiger partial charge on any atom is 0.247 e. The van der Waals surface area contributed by atoms with Crippen LogP contribution in [0.3, 0.4) is 0 Å². The third-order valence-electron chi connectivity index (χ3n) is 5.36. The summed E-state index contributed by atoms with van der Waals surface area (Å²) in [6, 6.07) is 18.1. The van der Waals surface area contributed by atoms with Gasteiger partial charge in [-0.1, -0.05) is 42.5 Å². The number of piperazine rings is 1. The fourth-order valence-corrected chi connectivity index (χ4v) is 4.07. The van der Waals surface area contributed by atoms with Crippen molar-refractivity contribution >= 4 is 17.8 Å². The molecule has 0 radical (unpaired) electrons. The average molecular weight is 451 g/mol. The van der Waals surface area contributed by atoms with Crippen LogP contribution in [-0.4, -0.2) is 72.1 Å². The first kappa shape index (κ1) is 22.6. The number of hydrogen-bond donors (Lipinski definition) is 0. The Bertz CT molecular complexity index is 967. The minimum atomic E-state index is 0.564. The smallest absolute Gasteiger partial charge is 0.247 e. The van der Waals surface area contributed by atoms with Gasteiger partial charge in [-0.3, -0.25) is 4.90 Å². The fraction of sp³-hybridized carbons (Fsp3) is 0.360. The summed E-state index contributed by atoms with van der Waals surface area (Å²) in [5.74, 6) is 3.64. The molecule has 1 aromatic heterocycles. The predicted molar refractivity (Wildman–Crippen MR) is 131 cm³/mol. The van der Waals surface area contributed by atoms with Crippen molar-refractivity contribution in [2.24, 2.45) is 0 Å². The molecule has 7 heteroatoms. The van der Waals surface area contributed by atoms with Crippen molar-refractivity contribution in [2.45, 2.75) is 5.75 Å². The highest BCUT2D eigenvalue weighted by atomic mass is 32.2. The molecule has 1 aliphatic rings. The molecule has 0 bridgehead atoms. The molecule has 0 atom stereocenters. The molecular weight excluding hydrogens is 420 g/mol. The molecule has 0 N–H and O–H groups in total. The number of likely N-dealkylation sites (N-methyl/N-ethyl adjacent to an activating group) is 1. The molecule has 168 valence electrons. The van der Waals surface area contributed by atoms with Gasteiger partial charge in [0.25, 0.3) is 0 Å². The van der Waals surface area contributed by atoms with Gasteiger partial charge in [0.1, 0.15) is 5.75 Å². The van der Waals surface area contributed by atoms with Crippen molar-refractivity contribution in [3.05, 3.63) is 72.1 Å². The molecule has 0 saturated carbocycles. The predicted octanol–water partition coefficient (Wildman–Crippen LogP) is 4.31.